The molecule has 96 valence electrons. The van der Waals surface area contributed by atoms with Crippen molar-refractivity contribution in [2.24, 2.45) is 0 Å². The minimum atomic E-state index is -1.79. The lowest BCUT2D eigenvalue weighted by Gasteiger charge is -2.38. The van der Waals surface area contributed by atoms with E-state index >= 15 is 0 Å². The van der Waals surface area contributed by atoms with E-state index in [1.54, 1.807) is 0 Å². The summed E-state index contributed by atoms with van der Waals surface area (Å²) in [5, 5.41) is 0.181. The Morgan fingerprint density at radius 2 is 1.94 bits per heavy atom. The molecule has 0 N–H and O–H groups in total. The molecule has 3 atom stereocenters. The molecule has 4 heteroatoms. The van der Waals surface area contributed by atoms with Crippen molar-refractivity contribution in [3.05, 3.63) is 11.6 Å². The van der Waals surface area contributed by atoms with Crippen LogP contribution in [-0.4, -0.2) is 32.4 Å². The van der Waals surface area contributed by atoms with E-state index in [1.807, 2.05) is 13.0 Å². The second kappa shape index (κ2) is 3.77. The van der Waals surface area contributed by atoms with Gasteiger partial charge in [-0.1, -0.05) is 20.8 Å². The molecule has 0 unspecified atom stereocenters. The highest BCUT2D eigenvalue weighted by Crippen LogP contribution is 2.42. The van der Waals surface area contributed by atoms with Gasteiger partial charge in [0.1, 0.15) is 12.2 Å². The van der Waals surface area contributed by atoms with Crippen LogP contribution in [0.4, 0.5) is 0 Å². The van der Waals surface area contributed by atoms with Gasteiger partial charge in [0.05, 0.1) is 6.10 Å². The highest BCUT2D eigenvalue weighted by molar-refractivity contribution is 6.74. The van der Waals surface area contributed by atoms with Gasteiger partial charge in [0, 0.05) is 0 Å². The Hall–Kier alpha value is -0.453. The van der Waals surface area contributed by atoms with Crippen molar-refractivity contribution < 1.29 is 14.0 Å². The van der Waals surface area contributed by atoms with Crippen LogP contribution in [0.2, 0.25) is 18.1 Å². The van der Waals surface area contributed by atoms with Crippen molar-refractivity contribution >= 4 is 14.1 Å². The number of rotatable bonds is 2. The normalized spacial score (nSPS) is 33.2. The van der Waals surface area contributed by atoms with Crippen LogP contribution in [-0.2, 0) is 14.0 Å². The van der Waals surface area contributed by atoms with E-state index in [-0.39, 0.29) is 29.1 Å². The number of Topliss-reactive ketones (excluding diaryl/α,β-unsaturated/α-hetero) is 1. The lowest BCUT2D eigenvalue weighted by atomic mass is 9.98. The van der Waals surface area contributed by atoms with E-state index < -0.39 is 8.32 Å². The topological polar surface area (TPSA) is 38.8 Å². The summed E-state index contributed by atoms with van der Waals surface area (Å²) < 4.78 is 11.7. The zero-order chi connectivity index (χ0) is 13.0. The zero-order valence-corrected chi connectivity index (χ0v) is 12.5. The number of hydrogen-bond donors (Lipinski definition) is 0. The second-order valence-corrected chi connectivity index (χ2v) is 11.3. The minimum Gasteiger partial charge on any atom is -0.408 e. The van der Waals surface area contributed by atoms with Gasteiger partial charge in [0.2, 0.25) is 0 Å². The molecule has 0 radical (unpaired) electrons. The molecule has 1 heterocycles. The molecule has 0 spiro atoms. The fraction of sp³-hybridized carbons (Fsp3) is 0.769. The number of carbonyl (C=O) groups is 1. The molecule has 0 saturated carbocycles. The first-order valence-electron chi connectivity index (χ1n) is 6.19. The molecule has 2 aliphatic rings. The predicted molar refractivity (Wildman–Crippen MR) is 69.5 cm³/mol. The zero-order valence-electron chi connectivity index (χ0n) is 11.5. The SMILES string of the molecule is CC1=C[C@H](O[Si](C)(C)C(C)(C)C)[C@H]2O[C@H]2C1=O. The van der Waals surface area contributed by atoms with Crippen LogP contribution >= 0.6 is 0 Å². The summed E-state index contributed by atoms with van der Waals surface area (Å²) in [5.41, 5.74) is 0.785. The van der Waals surface area contributed by atoms with Gasteiger partial charge in [-0.3, -0.25) is 4.79 Å². The summed E-state index contributed by atoms with van der Waals surface area (Å²) in [7, 11) is -1.79. The molecule has 1 aliphatic carbocycles. The molecule has 1 fully saturated rings. The quantitative estimate of drug-likeness (QED) is 0.562. The standard InChI is InChI=1S/C13H22O3Si/c1-8-7-9(11-12(15-11)10(8)14)16-17(5,6)13(2,3)4/h7,9,11-12H,1-6H3/t9-,11+,12-/m0/s1. The number of epoxide rings is 1. The van der Waals surface area contributed by atoms with Gasteiger partial charge in [-0.15, -0.1) is 0 Å². The summed E-state index contributed by atoms with van der Waals surface area (Å²) in [4.78, 5) is 11.6. The smallest absolute Gasteiger partial charge is 0.193 e. The number of ether oxygens (including phenoxy) is 1. The largest absolute Gasteiger partial charge is 0.408 e. The van der Waals surface area contributed by atoms with Crippen LogP contribution in [0.3, 0.4) is 0 Å². The molecular formula is C13H22O3Si. The number of ketones is 1. The van der Waals surface area contributed by atoms with Gasteiger partial charge >= 0.3 is 0 Å². The fourth-order valence-electron chi connectivity index (χ4n) is 1.85. The van der Waals surface area contributed by atoms with Crippen molar-refractivity contribution in [1.29, 1.82) is 0 Å². The highest BCUT2D eigenvalue weighted by atomic mass is 28.4. The van der Waals surface area contributed by atoms with Gasteiger partial charge in [0.25, 0.3) is 0 Å². The third kappa shape index (κ3) is 2.26. The van der Waals surface area contributed by atoms with Crippen molar-refractivity contribution in [3.63, 3.8) is 0 Å². The minimum absolute atomic E-state index is 0.0275. The van der Waals surface area contributed by atoms with E-state index in [2.05, 4.69) is 33.9 Å². The van der Waals surface area contributed by atoms with Gasteiger partial charge in [-0.2, -0.15) is 0 Å². The highest BCUT2D eigenvalue weighted by Gasteiger charge is 2.54. The third-order valence-corrected chi connectivity index (χ3v) is 8.62. The van der Waals surface area contributed by atoms with E-state index in [9.17, 15) is 4.79 Å². The van der Waals surface area contributed by atoms with Crippen LogP contribution in [0.25, 0.3) is 0 Å². The van der Waals surface area contributed by atoms with E-state index in [0.717, 1.165) is 5.57 Å². The van der Waals surface area contributed by atoms with E-state index in [4.69, 9.17) is 9.16 Å². The third-order valence-electron chi connectivity index (χ3n) is 4.15. The molecule has 17 heavy (non-hydrogen) atoms. The number of carbonyl (C=O) groups excluding carboxylic acids is 1. The van der Waals surface area contributed by atoms with Crippen molar-refractivity contribution in [1.82, 2.24) is 0 Å². The Bertz CT molecular complexity index is 379. The Labute approximate surface area is 104 Å². The van der Waals surface area contributed by atoms with E-state index in [1.165, 1.54) is 0 Å². The van der Waals surface area contributed by atoms with Gasteiger partial charge < -0.3 is 9.16 Å². The van der Waals surface area contributed by atoms with Gasteiger partial charge in [-0.05, 0) is 36.7 Å². The fourth-order valence-corrected chi connectivity index (χ4v) is 3.09. The first-order chi connectivity index (χ1) is 7.63. The van der Waals surface area contributed by atoms with Crippen molar-refractivity contribution in [2.45, 2.75) is 64.1 Å². The maximum absolute atomic E-state index is 11.6. The lowest BCUT2D eigenvalue weighted by molar-refractivity contribution is -0.116. The Morgan fingerprint density at radius 1 is 1.35 bits per heavy atom. The van der Waals surface area contributed by atoms with Crippen LogP contribution in [0.1, 0.15) is 27.7 Å². The van der Waals surface area contributed by atoms with Gasteiger partial charge in [0.15, 0.2) is 14.1 Å². The molecule has 3 nitrogen and oxygen atoms in total. The summed E-state index contributed by atoms with van der Waals surface area (Å²) in [5.74, 6) is 0.130. The molecular weight excluding hydrogens is 232 g/mol. The van der Waals surface area contributed by atoms with Crippen LogP contribution < -0.4 is 0 Å². The Morgan fingerprint density at radius 3 is 2.47 bits per heavy atom. The van der Waals surface area contributed by atoms with Crippen LogP contribution in [0.5, 0.6) is 0 Å². The summed E-state index contributed by atoms with van der Waals surface area (Å²) >= 11 is 0. The molecule has 0 amide bonds. The molecule has 0 bridgehead atoms. The summed E-state index contributed by atoms with van der Waals surface area (Å²) in [6.07, 6.45) is 1.66. The van der Waals surface area contributed by atoms with Crippen LogP contribution in [0.15, 0.2) is 11.6 Å². The first-order valence-corrected chi connectivity index (χ1v) is 9.10. The molecule has 0 aromatic rings. The molecule has 1 aliphatic heterocycles. The van der Waals surface area contributed by atoms with Crippen molar-refractivity contribution in [3.8, 4) is 0 Å². The second-order valence-electron chi connectivity index (χ2n) is 6.58. The predicted octanol–water partition coefficient (Wildman–Crippen LogP) is 2.67. The van der Waals surface area contributed by atoms with E-state index in [0.29, 0.717) is 0 Å². The first kappa shape index (κ1) is 13.0. The van der Waals surface area contributed by atoms with Crippen LogP contribution in [0, 0.1) is 0 Å². The molecule has 0 aromatic carbocycles. The average molecular weight is 254 g/mol. The maximum Gasteiger partial charge on any atom is 0.193 e. The van der Waals surface area contributed by atoms with Gasteiger partial charge in [-0.25, -0.2) is 0 Å². The summed E-state index contributed by atoms with van der Waals surface area (Å²) in [6, 6.07) is 0. The maximum atomic E-state index is 11.6. The molecule has 1 saturated heterocycles. The molecule has 0 aromatic heterocycles. The Kier molecular flexibility index (Phi) is 2.88. The Balaban J connectivity index is 2.13. The molecule has 2 rings (SSSR count). The average Bonchev–Trinajstić information content (AvgIpc) is 2.91. The summed E-state index contributed by atoms with van der Waals surface area (Å²) in [6.45, 7) is 13.0. The monoisotopic (exact) mass is 254 g/mol. The number of hydrogen-bond acceptors (Lipinski definition) is 3. The number of fused-ring (bicyclic) bond motifs is 1. The lowest BCUT2D eigenvalue weighted by Crippen LogP contribution is -2.46. The van der Waals surface area contributed by atoms with Crippen molar-refractivity contribution in [2.75, 3.05) is 0 Å².